The summed E-state index contributed by atoms with van der Waals surface area (Å²) in [6.07, 6.45) is 2.06. The summed E-state index contributed by atoms with van der Waals surface area (Å²) in [6.45, 7) is 3.82. The van der Waals surface area contributed by atoms with Crippen LogP contribution in [0.1, 0.15) is 30.1 Å². The van der Waals surface area contributed by atoms with E-state index in [4.69, 9.17) is 5.11 Å². The molecule has 0 saturated carbocycles. The van der Waals surface area contributed by atoms with E-state index in [0.29, 0.717) is 12.5 Å². The van der Waals surface area contributed by atoms with Crippen molar-refractivity contribution in [1.82, 2.24) is 0 Å². The summed E-state index contributed by atoms with van der Waals surface area (Å²) < 4.78 is 0. The SMILES string of the molecule is CC(=O)c1cccc(N2CCC(CO)CC2)c1. The fourth-order valence-corrected chi connectivity index (χ4v) is 2.30. The van der Waals surface area contributed by atoms with Gasteiger partial charge in [-0.2, -0.15) is 0 Å². The molecule has 1 heterocycles. The van der Waals surface area contributed by atoms with E-state index in [0.717, 1.165) is 37.2 Å². The summed E-state index contributed by atoms with van der Waals surface area (Å²) in [7, 11) is 0. The molecular formula is C14H19NO2. The molecule has 0 spiro atoms. The lowest BCUT2D eigenvalue weighted by molar-refractivity contribution is 0.101. The Morgan fingerprint density at radius 3 is 2.71 bits per heavy atom. The van der Waals surface area contributed by atoms with Crippen LogP contribution in [0.25, 0.3) is 0 Å². The van der Waals surface area contributed by atoms with Gasteiger partial charge in [-0.1, -0.05) is 12.1 Å². The van der Waals surface area contributed by atoms with Gasteiger partial charge in [0.25, 0.3) is 0 Å². The third kappa shape index (κ3) is 2.86. The molecule has 1 fully saturated rings. The van der Waals surface area contributed by atoms with Gasteiger partial charge in [-0.05, 0) is 37.8 Å². The maximum atomic E-state index is 11.3. The van der Waals surface area contributed by atoms with Crippen molar-refractivity contribution in [3.05, 3.63) is 29.8 Å². The number of hydrogen-bond acceptors (Lipinski definition) is 3. The Kier molecular flexibility index (Phi) is 3.79. The highest BCUT2D eigenvalue weighted by molar-refractivity contribution is 5.94. The Hall–Kier alpha value is -1.35. The number of ketones is 1. The van der Waals surface area contributed by atoms with Gasteiger partial charge in [0.15, 0.2) is 5.78 Å². The van der Waals surface area contributed by atoms with E-state index in [1.165, 1.54) is 0 Å². The Balaban J connectivity index is 2.08. The van der Waals surface area contributed by atoms with Gasteiger partial charge >= 0.3 is 0 Å². The van der Waals surface area contributed by atoms with Gasteiger partial charge < -0.3 is 10.0 Å². The van der Waals surface area contributed by atoms with Gasteiger partial charge in [-0.3, -0.25) is 4.79 Å². The Bertz CT molecular complexity index is 395. The molecule has 1 aromatic rings. The lowest BCUT2D eigenvalue weighted by atomic mass is 9.97. The first-order valence-electron chi connectivity index (χ1n) is 6.17. The van der Waals surface area contributed by atoms with E-state index in [-0.39, 0.29) is 5.78 Å². The molecule has 1 aromatic carbocycles. The number of carbonyl (C=O) groups excluding carboxylic acids is 1. The van der Waals surface area contributed by atoms with Gasteiger partial charge in [-0.25, -0.2) is 0 Å². The molecule has 3 nitrogen and oxygen atoms in total. The van der Waals surface area contributed by atoms with E-state index in [2.05, 4.69) is 4.90 Å². The standard InChI is InChI=1S/C14H19NO2/c1-11(17)13-3-2-4-14(9-13)15-7-5-12(10-16)6-8-15/h2-4,9,12,16H,5-8,10H2,1H3. The lowest BCUT2D eigenvalue weighted by Gasteiger charge is -2.33. The van der Waals surface area contributed by atoms with Crippen molar-refractivity contribution < 1.29 is 9.90 Å². The Morgan fingerprint density at radius 2 is 2.12 bits per heavy atom. The van der Waals surface area contributed by atoms with E-state index in [1.54, 1.807) is 6.92 Å². The van der Waals surface area contributed by atoms with Crippen LogP contribution in [-0.4, -0.2) is 30.6 Å². The van der Waals surface area contributed by atoms with E-state index in [1.807, 2.05) is 24.3 Å². The molecule has 2 rings (SSSR count). The van der Waals surface area contributed by atoms with Gasteiger partial charge in [0.1, 0.15) is 0 Å². The zero-order valence-corrected chi connectivity index (χ0v) is 10.2. The molecule has 1 N–H and O–H groups in total. The quantitative estimate of drug-likeness (QED) is 0.813. The van der Waals surface area contributed by atoms with Gasteiger partial charge in [0.2, 0.25) is 0 Å². The molecule has 92 valence electrons. The molecule has 0 bridgehead atoms. The van der Waals surface area contributed by atoms with Gasteiger partial charge in [0.05, 0.1) is 0 Å². The smallest absolute Gasteiger partial charge is 0.159 e. The third-order valence-corrected chi connectivity index (χ3v) is 3.49. The largest absolute Gasteiger partial charge is 0.396 e. The zero-order chi connectivity index (χ0) is 12.3. The number of nitrogens with zero attached hydrogens (tertiary/aromatic N) is 1. The van der Waals surface area contributed by atoms with Crippen LogP contribution in [0.2, 0.25) is 0 Å². The zero-order valence-electron chi connectivity index (χ0n) is 10.2. The second-order valence-electron chi connectivity index (χ2n) is 4.72. The van der Waals surface area contributed by atoms with Crippen molar-refractivity contribution in [2.24, 2.45) is 5.92 Å². The molecule has 1 aliphatic rings. The molecule has 0 atom stereocenters. The summed E-state index contributed by atoms with van der Waals surface area (Å²) in [5.41, 5.74) is 1.89. The molecule has 1 aliphatic heterocycles. The van der Waals surface area contributed by atoms with E-state index >= 15 is 0 Å². The van der Waals surface area contributed by atoms with Crippen molar-refractivity contribution in [2.75, 3.05) is 24.6 Å². The van der Waals surface area contributed by atoms with Crippen LogP contribution in [0, 0.1) is 5.92 Å². The molecule has 17 heavy (non-hydrogen) atoms. The molecule has 0 amide bonds. The number of hydrogen-bond donors (Lipinski definition) is 1. The minimum Gasteiger partial charge on any atom is -0.396 e. The maximum absolute atomic E-state index is 11.3. The third-order valence-electron chi connectivity index (χ3n) is 3.49. The Labute approximate surface area is 102 Å². The predicted molar refractivity (Wildman–Crippen MR) is 68.5 cm³/mol. The average Bonchev–Trinajstić information content (AvgIpc) is 2.39. The highest BCUT2D eigenvalue weighted by Crippen LogP contribution is 2.23. The van der Waals surface area contributed by atoms with Crippen LogP contribution in [0.4, 0.5) is 5.69 Å². The molecule has 0 unspecified atom stereocenters. The van der Waals surface area contributed by atoms with Crippen molar-refractivity contribution in [3.8, 4) is 0 Å². The van der Waals surface area contributed by atoms with Crippen LogP contribution in [-0.2, 0) is 0 Å². The van der Waals surface area contributed by atoms with Crippen LogP contribution in [0.5, 0.6) is 0 Å². The van der Waals surface area contributed by atoms with E-state index in [9.17, 15) is 4.79 Å². The number of benzene rings is 1. The molecule has 0 aromatic heterocycles. The van der Waals surface area contributed by atoms with Crippen LogP contribution >= 0.6 is 0 Å². The summed E-state index contributed by atoms with van der Waals surface area (Å²) in [5.74, 6) is 0.555. The monoisotopic (exact) mass is 233 g/mol. The summed E-state index contributed by atoms with van der Waals surface area (Å²) in [5, 5.41) is 9.10. The fraction of sp³-hybridized carbons (Fsp3) is 0.500. The molecule has 0 radical (unpaired) electrons. The van der Waals surface area contributed by atoms with Crippen molar-refractivity contribution >= 4 is 11.5 Å². The van der Waals surface area contributed by atoms with Crippen molar-refractivity contribution in [1.29, 1.82) is 0 Å². The number of rotatable bonds is 3. The number of carbonyl (C=O) groups is 1. The summed E-state index contributed by atoms with van der Waals surface area (Å²) in [6, 6.07) is 7.80. The molecule has 0 aliphatic carbocycles. The number of aliphatic hydroxyl groups is 1. The molecule has 1 saturated heterocycles. The minimum atomic E-state index is 0.108. The normalized spacial score (nSPS) is 17.2. The Morgan fingerprint density at radius 1 is 1.41 bits per heavy atom. The van der Waals surface area contributed by atoms with Crippen LogP contribution in [0.3, 0.4) is 0 Å². The molecular weight excluding hydrogens is 214 g/mol. The number of anilines is 1. The predicted octanol–water partition coefficient (Wildman–Crippen LogP) is 2.10. The number of Topliss-reactive ketones (excluding diaryl/α,β-unsaturated/α-hetero) is 1. The first-order chi connectivity index (χ1) is 8.20. The lowest BCUT2D eigenvalue weighted by Crippen LogP contribution is -2.34. The fourth-order valence-electron chi connectivity index (χ4n) is 2.30. The maximum Gasteiger partial charge on any atom is 0.159 e. The first-order valence-corrected chi connectivity index (χ1v) is 6.17. The van der Waals surface area contributed by atoms with Crippen molar-refractivity contribution in [2.45, 2.75) is 19.8 Å². The van der Waals surface area contributed by atoms with Gasteiger partial charge in [0, 0.05) is 30.9 Å². The number of piperidine rings is 1. The number of aliphatic hydroxyl groups excluding tert-OH is 1. The second kappa shape index (κ2) is 5.32. The van der Waals surface area contributed by atoms with Crippen LogP contribution in [0.15, 0.2) is 24.3 Å². The summed E-state index contributed by atoms with van der Waals surface area (Å²) in [4.78, 5) is 13.6. The topological polar surface area (TPSA) is 40.5 Å². The highest BCUT2D eigenvalue weighted by Gasteiger charge is 2.18. The highest BCUT2D eigenvalue weighted by atomic mass is 16.3. The van der Waals surface area contributed by atoms with E-state index < -0.39 is 0 Å². The second-order valence-corrected chi connectivity index (χ2v) is 4.72. The van der Waals surface area contributed by atoms with Crippen molar-refractivity contribution in [3.63, 3.8) is 0 Å². The van der Waals surface area contributed by atoms with Gasteiger partial charge in [-0.15, -0.1) is 0 Å². The minimum absolute atomic E-state index is 0.108. The summed E-state index contributed by atoms with van der Waals surface area (Å²) >= 11 is 0. The van der Waals surface area contributed by atoms with Crippen LogP contribution < -0.4 is 4.90 Å². The first kappa shape index (κ1) is 12.1. The molecule has 3 heteroatoms. The average molecular weight is 233 g/mol.